The van der Waals surface area contributed by atoms with E-state index in [-0.39, 0.29) is 21.9 Å². The summed E-state index contributed by atoms with van der Waals surface area (Å²) in [5.74, 6) is 0.822. The topological polar surface area (TPSA) is 110 Å². The van der Waals surface area contributed by atoms with Crippen LogP contribution in [0.15, 0.2) is 31.0 Å². The van der Waals surface area contributed by atoms with E-state index in [4.69, 9.17) is 4.42 Å². The minimum absolute atomic E-state index is 0.0495. The van der Waals surface area contributed by atoms with Crippen molar-refractivity contribution in [2.45, 2.75) is 36.9 Å². The van der Waals surface area contributed by atoms with Gasteiger partial charge < -0.3 is 14.3 Å². The lowest BCUT2D eigenvalue weighted by Crippen LogP contribution is -2.23. The van der Waals surface area contributed by atoms with Crippen molar-refractivity contribution in [3.8, 4) is 0 Å². The summed E-state index contributed by atoms with van der Waals surface area (Å²) in [6, 6.07) is 2.02. The van der Waals surface area contributed by atoms with Crippen LogP contribution in [-0.4, -0.2) is 24.6 Å². The van der Waals surface area contributed by atoms with Gasteiger partial charge in [0.05, 0.1) is 13.1 Å². The van der Waals surface area contributed by atoms with Crippen LogP contribution in [0.1, 0.15) is 24.4 Å². The van der Waals surface area contributed by atoms with Crippen LogP contribution >= 0.6 is 15.9 Å². The van der Waals surface area contributed by atoms with E-state index in [9.17, 15) is 8.42 Å². The molecule has 0 bridgehead atoms. The minimum atomic E-state index is -3.71. The van der Waals surface area contributed by atoms with Gasteiger partial charge in [0, 0.05) is 12.1 Å². The monoisotopic (exact) mass is 376 g/mol. The van der Waals surface area contributed by atoms with Gasteiger partial charge in [0.15, 0.2) is 10.5 Å². The number of hydrogen-bond donors (Lipinski definition) is 2. The molecule has 0 spiro atoms. The van der Waals surface area contributed by atoms with E-state index in [2.05, 4.69) is 40.6 Å². The van der Waals surface area contributed by atoms with Gasteiger partial charge in [-0.3, -0.25) is 0 Å². The standard InChI is InChI=1S/C11H13BrN4O4S/c12-11-9(3-8(20-11)4-13-7-1-2-7)21(17,18)15-5-10-14-6-19-16-10/h3,6-7,13,15H,1-2,4-5H2. The van der Waals surface area contributed by atoms with Gasteiger partial charge in [-0.1, -0.05) is 5.16 Å². The Kier molecular flexibility index (Phi) is 4.11. The Bertz CT molecular complexity index is 709. The number of aromatic nitrogens is 2. The number of nitrogens with one attached hydrogen (secondary N) is 2. The molecule has 0 saturated heterocycles. The second-order valence-corrected chi connectivity index (χ2v) is 7.13. The highest BCUT2D eigenvalue weighted by Crippen LogP contribution is 2.27. The lowest BCUT2D eigenvalue weighted by Gasteiger charge is -2.01. The quantitative estimate of drug-likeness (QED) is 0.745. The molecule has 3 rings (SSSR count). The zero-order chi connectivity index (χ0) is 14.9. The van der Waals surface area contributed by atoms with Crippen LogP contribution in [0.2, 0.25) is 0 Å². The number of halogens is 1. The summed E-state index contributed by atoms with van der Waals surface area (Å²) in [6.45, 7) is 0.454. The Morgan fingerprint density at radius 3 is 2.86 bits per heavy atom. The molecule has 0 radical (unpaired) electrons. The smallest absolute Gasteiger partial charge is 0.245 e. The highest BCUT2D eigenvalue weighted by Gasteiger charge is 2.24. The third-order valence-electron chi connectivity index (χ3n) is 2.97. The molecule has 2 aromatic rings. The van der Waals surface area contributed by atoms with Crippen molar-refractivity contribution >= 4 is 26.0 Å². The van der Waals surface area contributed by atoms with Crippen LogP contribution in [-0.2, 0) is 23.1 Å². The highest BCUT2D eigenvalue weighted by molar-refractivity contribution is 9.10. The van der Waals surface area contributed by atoms with E-state index in [1.54, 1.807) is 0 Å². The number of nitrogens with zero attached hydrogens (tertiary/aromatic N) is 2. The zero-order valence-corrected chi connectivity index (χ0v) is 13.3. The summed E-state index contributed by atoms with van der Waals surface area (Å²) >= 11 is 3.13. The molecule has 2 heterocycles. The van der Waals surface area contributed by atoms with E-state index in [0.29, 0.717) is 18.3 Å². The van der Waals surface area contributed by atoms with Crippen molar-refractivity contribution in [2.24, 2.45) is 0 Å². The third-order valence-corrected chi connectivity index (χ3v) is 5.22. The predicted octanol–water partition coefficient (Wildman–Crippen LogP) is 1.16. The van der Waals surface area contributed by atoms with Crippen LogP contribution < -0.4 is 10.0 Å². The molecule has 1 aliphatic rings. The van der Waals surface area contributed by atoms with Gasteiger partial charge in [0.1, 0.15) is 10.7 Å². The molecule has 1 saturated carbocycles. The van der Waals surface area contributed by atoms with Crippen LogP contribution in [0.5, 0.6) is 0 Å². The van der Waals surface area contributed by atoms with E-state index < -0.39 is 10.0 Å². The molecule has 114 valence electrons. The molecular formula is C11H13BrN4O4S. The fourth-order valence-electron chi connectivity index (χ4n) is 1.71. The maximum atomic E-state index is 12.2. The van der Waals surface area contributed by atoms with Crippen molar-refractivity contribution in [1.82, 2.24) is 20.2 Å². The largest absolute Gasteiger partial charge is 0.452 e. The molecular weight excluding hydrogens is 364 g/mol. The Morgan fingerprint density at radius 1 is 1.38 bits per heavy atom. The molecule has 0 atom stereocenters. The zero-order valence-electron chi connectivity index (χ0n) is 10.9. The van der Waals surface area contributed by atoms with Gasteiger partial charge in [0.25, 0.3) is 0 Å². The Morgan fingerprint density at radius 2 is 2.19 bits per heavy atom. The Labute approximate surface area is 129 Å². The van der Waals surface area contributed by atoms with Crippen molar-refractivity contribution in [3.05, 3.63) is 28.7 Å². The number of rotatable bonds is 7. The summed E-state index contributed by atoms with van der Waals surface area (Å²) in [5, 5.41) is 6.80. The second kappa shape index (κ2) is 5.87. The fraction of sp³-hybridized carbons (Fsp3) is 0.455. The van der Waals surface area contributed by atoms with E-state index >= 15 is 0 Å². The maximum absolute atomic E-state index is 12.2. The van der Waals surface area contributed by atoms with Crippen LogP contribution in [0.25, 0.3) is 0 Å². The van der Waals surface area contributed by atoms with Crippen LogP contribution in [0, 0.1) is 0 Å². The van der Waals surface area contributed by atoms with Gasteiger partial charge in [0.2, 0.25) is 16.4 Å². The molecule has 21 heavy (non-hydrogen) atoms. The summed E-state index contributed by atoms with van der Waals surface area (Å²) in [7, 11) is -3.71. The summed E-state index contributed by atoms with van der Waals surface area (Å²) < 4.78 is 36.9. The molecule has 0 amide bonds. The molecule has 0 aliphatic heterocycles. The van der Waals surface area contributed by atoms with Gasteiger partial charge in [-0.25, -0.2) is 13.1 Å². The summed E-state index contributed by atoms with van der Waals surface area (Å²) in [4.78, 5) is 3.80. The molecule has 1 fully saturated rings. The normalized spacial score (nSPS) is 15.5. The molecule has 0 unspecified atom stereocenters. The second-order valence-electron chi connectivity index (χ2n) is 4.68. The van der Waals surface area contributed by atoms with Gasteiger partial charge in [-0.05, 0) is 28.8 Å². The fourth-order valence-corrected chi connectivity index (χ4v) is 3.68. The molecule has 1 aliphatic carbocycles. The SMILES string of the molecule is O=S(=O)(NCc1ncon1)c1cc(CNC2CC2)oc1Br. The summed E-state index contributed by atoms with van der Waals surface area (Å²) in [5.41, 5.74) is 0. The molecule has 2 N–H and O–H groups in total. The lowest BCUT2D eigenvalue weighted by molar-refractivity contribution is 0.409. The number of hydrogen-bond acceptors (Lipinski definition) is 7. The molecule has 2 aromatic heterocycles. The first-order chi connectivity index (χ1) is 10.0. The van der Waals surface area contributed by atoms with Crippen LogP contribution in [0.3, 0.4) is 0 Å². The Balaban J connectivity index is 1.68. The van der Waals surface area contributed by atoms with Gasteiger partial charge >= 0.3 is 0 Å². The van der Waals surface area contributed by atoms with Crippen molar-refractivity contribution in [3.63, 3.8) is 0 Å². The molecule has 0 aromatic carbocycles. The van der Waals surface area contributed by atoms with E-state index in [1.807, 2.05) is 0 Å². The molecule has 8 nitrogen and oxygen atoms in total. The highest BCUT2D eigenvalue weighted by atomic mass is 79.9. The van der Waals surface area contributed by atoms with Gasteiger partial charge in [-0.2, -0.15) is 4.98 Å². The number of furan rings is 1. The van der Waals surface area contributed by atoms with Gasteiger partial charge in [-0.15, -0.1) is 0 Å². The van der Waals surface area contributed by atoms with E-state index in [1.165, 1.54) is 6.07 Å². The van der Waals surface area contributed by atoms with Crippen LogP contribution in [0.4, 0.5) is 0 Å². The van der Waals surface area contributed by atoms with Crippen molar-refractivity contribution in [1.29, 1.82) is 0 Å². The predicted molar refractivity (Wildman–Crippen MR) is 74.6 cm³/mol. The first-order valence-corrected chi connectivity index (χ1v) is 8.59. The number of sulfonamides is 1. The first kappa shape index (κ1) is 14.7. The third kappa shape index (κ3) is 3.70. The van der Waals surface area contributed by atoms with Crippen molar-refractivity contribution < 1.29 is 17.4 Å². The molecule has 10 heteroatoms. The average molecular weight is 377 g/mol. The maximum Gasteiger partial charge on any atom is 0.245 e. The average Bonchev–Trinajstić information content (AvgIpc) is 2.97. The lowest BCUT2D eigenvalue weighted by atomic mass is 10.4. The summed E-state index contributed by atoms with van der Waals surface area (Å²) in [6.07, 6.45) is 3.44. The van der Waals surface area contributed by atoms with Crippen molar-refractivity contribution in [2.75, 3.05) is 0 Å². The minimum Gasteiger partial charge on any atom is -0.452 e. The van der Waals surface area contributed by atoms with E-state index in [0.717, 1.165) is 19.2 Å². The Hall–Kier alpha value is -1.23. The first-order valence-electron chi connectivity index (χ1n) is 6.31.